The summed E-state index contributed by atoms with van der Waals surface area (Å²) < 4.78 is 32.5. The first-order valence-electron chi connectivity index (χ1n) is 8.90. The van der Waals surface area contributed by atoms with Crippen molar-refractivity contribution in [3.8, 4) is 0 Å². The van der Waals surface area contributed by atoms with Crippen molar-refractivity contribution in [2.75, 3.05) is 18.6 Å². The summed E-state index contributed by atoms with van der Waals surface area (Å²) in [6.45, 7) is 2.45. The number of nitrogens with one attached hydrogen (secondary N) is 1. The lowest BCUT2D eigenvalue weighted by Gasteiger charge is -2.17. The van der Waals surface area contributed by atoms with E-state index in [1.807, 2.05) is 6.07 Å². The van der Waals surface area contributed by atoms with Crippen LogP contribution in [-0.2, 0) is 26.1 Å². The molecular formula is C20H22N2O5S. The van der Waals surface area contributed by atoms with E-state index in [-0.39, 0.29) is 22.9 Å². The second-order valence-electron chi connectivity index (χ2n) is 6.61. The number of rotatable bonds is 6. The Morgan fingerprint density at radius 2 is 2.00 bits per heavy atom. The van der Waals surface area contributed by atoms with Crippen molar-refractivity contribution in [3.05, 3.63) is 59.2 Å². The monoisotopic (exact) mass is 402 g/mol. The Morgan fingerprint density at radius 1 is 1.21 bits per heavy atom. The van der Waals surface area contributed by atoms with Gasteiger partial charge in [-0.15, -0.1) is 0 Å². The average Bonchev–Trinajstić information content (AvgIpc) is 3.12. The van der Waals surface area contributed by atoms with Crippen LogP contribution in [0.15, 0.2) is 47.4 Å². The van der Waals surface area contributed by atoms with E-state index in [1.54, 1.807) is 36.1 Å². The summed E-state index contributed by atoms with van der Waals surface area (Å²) in [5.74, 6) is -0.509. The van der Waals surface area contributed by atoms with Crippen molar-refractivity contribution in [1.29, 1.82) is 0 Å². The molecule has 0 atom stereocenters. The zero-order valence-corrected chi connectivity index (χ0v) is 16.6. The molecule has 0 aliphatic carbocycles. The van der Waals surface area contributed by atoms with Crippen molar-refractivity contribution in [3.63, 3.8) is 0 Å². The predicted molar refractivity (Wildman–Crippen MR) is 105 cm³/mol. The van der Waals surface area contributed by atoms with Gasteiger partial charge in [-0.3, -0.25) is 4.79 Å². The van der Waals surface area contributed by atoms with Crippen LogP contribution >= 0.6 is 0 Å². The minimum Gasteiger partial charge on any atom is -0.465 e. The first-order valence-corrected chi connectivity index (χ1v) is 10.4. The van der Waals surface area contributed by atoms with Gasteiger partial charge in [0.2, 0.25) is 15.9 Å². The number of aryl methyl sites for hydroxylation is 1. The van der Waals surface area contributed by atoms with Gasteiger partial charge >= 0.3 is 5.97 Å². The largest absolute Gasteiger partial charge is 0.465 e. The molecule has 148 valence electrons. The summed E-state index contributed by atoms with van der Waals surface area (Å²) in [6, 6.07) is 11.6. The number of hydrogen-bond acceptors (Lipinski definition) is 5. The number of carbonyl (C=O) groups excluding carboxylic acids is 2. The Morgan fingerprint density at radius 3 is 2.68 bits per heavy atom. The molecule has 1 fully saturated rings. The van der Waals surface area contributed by atoms with Crippen LogP contribution in [0, 0.1) is 6.92 Å². The number of methoxy groups -OCH3 is 1. The fourth-order valence-electron chi connectivity index (χ4n) is 3.12. The number of amides is 1. The Kier molecular flexibility index (Phi) is 5.81. The van der Waals surface area contributed by atoms with Crippen LogP contribution in [0.1, 0.15) is 34.3 Å². The zero-order valence-electron chi connectivity index (χ0n) is 15.8. The van der Waals surface area contributed by atoms with E-state index in [9.17, 15) is 18.0 Å². The molecule has 2 aromatic rings. The van der Waals surface area contributed by atoms with Gasteiger partial charge in [-0.2, -0.15) is 0 Å². The van der Waals surface area contributed by atoms with Crippen LogP contribution in [0.5, 0.6) is 0 Å². The molecule has 1 heterocycles. The van der Waals surface area contributed by atoms with Gasteiger partial charge in [-0.1, -0.05) is 18.2 Å². The van der Waals surface area contributed by atoms with E-state index >= 15 is 0 Å². The van der Waals surface area contributed by atoms with Gasteiger partial charge in [0.25, 0.3) is 0 Å². The molecule has 7 nitrogen and oxygen atoms in total. The van der Waals surface area contributed by atoms with E-state index in [4.69, 9.17) is 4.74 Å². The van der Waals surface area contributed by atoms with E-state index < -0.39 is 16.0 Å². The molecule has 0 spiro atoms. The smallest absolute Gasteiger partial charge is 0.338 e. The number of sulfonamides is 1. The lowest BCUT2D eigenvalue weighted by atomic mass is 10.1. The lowest BCUT2D eigenvalue weighted by Crippen LogP contribution is -2.25. The first kappa shape index (κ1) is 20.0. The van der Waals surface area contributed by atoms with Gasteiger partial charge in [0.05, 0.1) is 17.6 Å². The molecule has 0 aromatic heterocycles. The molecule has 3 rings (SSSR count). The third-order valence-corrected chi connectivity index (χ3v) is 6.09. The van der Waals surface area contributed by atoms with Crippen LogP contribution in [0.3, 0.4) is 0 Å². The Bertz CT molecular complexity index is 1020. The van der Waals surface area contributed by atoms with Crippen LogP contribution in [0.25, 0.3) is 0 Å². The number of anilines is 1. The van der Waals surface area contributed by atoms with Crippen LogP contribution < -0.4 is 9.62 Å². The Hall–Kier alpha value is -2.71. The Labute approximate surface area is 164 Å². The maximum atomic E-state index is 12.6. The number of hydrogen-bond donors (Lipinski definition) is 1. The summed E-state index contributed by atoms with van der Waals surface area (Å²) in [6.07, 6.45) is 1.36. The Balaban J connectivity index is 1.77. The fourth-order valence-corrected chi connectivity index (χ4v) is 4.16. The molecule has 1 aliphatic rings. The summed E-state index contributed by atoms with van der Waals surface area (Å²) in [5, 5.41) is 0. The molecule has 1 N–H and O–H groups in total. The van der Waals surface area contributed by atoms with Crippen molar-refractivity contribution in [2.24, 2.45) is 0 Å². The van der Waals surface area contributed by atoms with Gasteiger partial charge < -0.3 is 9.64 Å². The molecule has 0 radical (unpaired) electrons. The predicted octanol–water partition coefficient (Wildman–Crippen LogP) is 2.39. The van der Waals surface area contributed by atoms with Gasteiger partial charge in [0, 0.05) is 25.2 Å². The fraction of sp³-hybridized carbons (Fsp3) is 0.300. The average molecular weight is 402 g/mol. The van der Waals surface area contributed by atoms with Crippen molar-refractivity contribution in [2.45, 2.75) is 31.2 Å². The SMILES string of the molecule is COC(=O)c1cc(S(=O)(=O)NCc2cccc(N3CCCC3=O)c2)ccc1C. The molecule has 0 unspecified atom stereocenters. The highest BCUT2D eigenvalue weighted by molar-refractivity contribution is 7.89. The first-order chi connectivity index (χ1) is 13.3. The second-order valence-corrected chi connectivity index (χ2v) is 8.38. The van der Waals surface area contributed by atoms with Gasteiger partial charge in [0.1, 0.15) is 0 Å². The summed E-state index contributed by atoms with van der Waals surface area (Å²) in [4.78, 5) is 25.4. The van der Waals surface area contributed by atoms with Gasteiger partial charge in [-0.25, -0.2) is 17.9 Å². The van der Waals surface area contributed by atoms with Crippen LogP contribution in [0.4, 0.5) is 5.69 Å². The maximum Gasteiger partial charge on any atom is 0.338 e. The van der Waals surface area contributed by atoms with E-state index in [0.717, 1.165) is 17.7 Å². The van der Waals surface area contributed by atoms with Crippen molar-refractivity contribution >= 4 is 27.6 Å². The van der Waals surface area contributed by atoms with E-state index in [0.29, 0.717) is 18.5 Å². The summed E-state index contributed by atoms with van der Waals surface area (Å²) >= 11 is 0. The minimum atomic E-state index is -3.82. The third kappa shape index (κ3) is 4.23. The maximum absolute atomic E-state index is 12.6. The molecule has 0 bridgehead atoms. The molecule has 0 saturated carbocycles. The zero-order chi connectivity index (χ0) is 20.3. The normalized spacial score (nSPS) is 14.4. The highest BCUT2D eigenvalue weighted by Gasteiger charge is 2.22. The molecular weight excluding hydrogens is 380 g/mol. The molecule has 1 saturated heterocycles. The van der Waals surface area contributed by atoms with Crippen molar-refractivity contribution < 1.29 is 22.7 Å². The number of benzene rings is 2. The van der Waals surface area contributed by atoms with E-state index in [1.165, 1.54) is 19.2 Å². The van der Waals surface area contributed by atoms with Crippen LogP contribution in [0.2, 0.25) is 0 Å². The standard InChI is InChI=1S/C20H22N2O5S/c1-14-8-9-17(12-18(14)20(24)27-2)28(25,26)21-13-15-5-3-6-16(11-15)22-10-4-7-19(22)23/h3,5-6,8-9,11-12,21H,4,7,10,13H2,1-2H3. The van der Waals surface area contributed by atoms with E-state index in [2.05, 4.69) is 4.72 Å². The second kappa shape index (κ2) is 8.12. The van der Waals surface area contributed by atoms with Gasteiger partial charge in [0.15, 0.2) is 0 Å². The summed E-state index contributed by atoms with van der Waals surface area (Å²) in [5.41, 5.74) is 2.34. The molecule has 2 aromatic carbocycles. The lowest BCUT2D eigenvalue weighted by molar-refractivity contribution is -0.117. The number of nitrogens with zero attached hydrogens (tertiary/aromatic N) is 1. The van der Waals surface area contributed by atoms with Crippen LogP contribution in [-0.4, -0.2) is 33.9 Å². The number of esters is 1. The summed E-state index contributed by atoms with van der Waals surface area (Å²) in [7, 11) is -2.57. The highest BCUT2D eigenvalue weighted by Crippen LogP contribution is 2.23. The minimum absolute atomic E-state index is 0.00984. The molecule has 1 aliphatic heterocycles. The number of ether oxygens (including phenoxy) is 1. The molecule has 8 heteroatoms. The number of carbonyl (C=O) groups is 2. The van der Waals surface area contributed by atoms with Gasteiger partial charge in [-0.05, 0) is 48.7 Å². The van der Waals surface area contributed by atoms with Crippen molar-refractivity contribution in [1.82, 2.24) is 4.72 Å². The highest BCUT2D eigenvalue weighted by atomic mass is 32.2. The third-order valence-electron chi connectivity index (χ3n) is 4.69. The quantitative estimate of drug-likeness (QED) is 0.749. The molecule has 1 amide bonds. The molecule has 28 heavy (non-hydrogen) atoms. The topological polar surface area (TPSA) is 92.8 Å².